The van der Waals surface area contributed by atoms with Gasteiger partial charge in [-0.3, -0.25) is 0 Å². The van der Waals surface area contributed by atoms with Crippen LogP contribution in [-0.4, -0.2) is 39.0 Å². The summed E-state index contributed by atoms with van der Waals surface area (Å²) >= 11 is 0. The second-order valence-electron chi connectivity index (χ2n) is 7.89. The molecule has 3 rings (SSSR count). The van der Waals surface area contributed by atoms with Crippen LogP contribution in [0.4, 0.5) is 13.6 Å². The largest absolute Gasteiger partial charge is 0.444 e. The molecule has 1 aromatic carbocycles. The average Bonchev–Trinajstić information content (AvgIpc) is 3.15. The van der Waals surface area contributed by atoms with Crippen molar-refractivity contribution in [2.75, 3.05) is 0 Å². The van der Waals surface area contributed by atoms with Crippen molar-refractivity contribution in [2.45, 2.75) is 58.7 Å². The maximum atomic E-state index is 14.7. The number of amides is 1. The molecule has 7 nitrogen and oxygen atoms in total. The number of hydrogen-bond donors (Lipinski definition) is 1. The topological polar surface area (TPSA) is 86.1 Å². The summed E-state index contributed by atoms with van der Waals surface area (Å²) in [6, 6.07) is -0.418. The fourth-order valence-corrected chi connectivity index (χ4v) is 3.19. The predicted molar refractivity (Wildman–Crippen MR) is 93.2 cm³/mol. The lowest BCUT2D eigenvalue weighted by atomic mass is 10.1. The van der Waals surface area contributed by atoms with Crippen molar-refractivity contribution in [3.63, 3.8) is 0 Å². The van der Waals surface area contributed by atoms with E-state index < -0.39 is 35.3 Å². The van der Waals surface area contributed by atoms with Crippen LogP contribution in [0.25, 0.3) is 11.0 Å². The van der Waals surface area contributed by atoms with Crippen LogP contribution in [0.5, 0.6) is 0 Å². The second kappa shape index (κ2) is 6.86. The minimum absolute atomic E-state index is 0.119. The Morgan fingerprint density at radius 2 is 1.78 bits per heavy atom. The van der Waals surface area contributed by atoms with Gasteiger partial charge in [-0.25, -0.2) is 13.6 Å². The Morgan fingerprint density at radius 3 is 2.22 bits per heavy atom. The van der Waals surface area contributed by atoms with Crippen LogP contribution in [0.2, 0.25) is 0 Å². The molecule has 1 amide bonds. The van der Waals surface area contributed by atoms with Crippen LogP contribution in [0.1, 0.15) is 38.8 Å². The van der Waals surface area contributed by atoms with Gasteiger partial charge in [-0.15, -0.1) is 0 Å². The molecule has 0 radical (unpaired) electrons. The van der Waals surface area contributed by atoms with E-state index in [1.165, 1.54) is 0 Å². The van der Waals surface area contributed by atoms with Crippen LogP contribution in [-0.2, 0) is 28.9 Å². The minimum atomic E-state index is -0.634. The van der Waals surface area contributed by atoms with Crippen molar-refractivity contribution >= 4 is 23.4 Å². The molecule has 9 heteroatoms. The van der Waals surface area contributed by atoms with Gasteiger partial charge in [0.25, 0.3) is 0 Å². The summed E-state index contributed by atoms with van der Waals surface area (Å²) in [5, 5.41) is 10.7. The van der Waals surface area contributed by atoms with Crippen molar-refractivity contribution in [1.29, 1.82) is 0 Å². The van der Waals surface area contributed by atoms with Gasteiger partial charge >= 0.3 is 6.09 Å². The smallest absolute Gasteiger partial charge is 0.407 e. The molecular weight excluding hydrogens is 358 g/mol. The van der Waals surface area contributed by atoms with Crippen LogP contribution in [0.15, 0.2) is 0 Å². The van der Waals surface area contributed by atoms with E-state index in [0.717, 1.165) is 4.80 Å². The van der Waals surface area contributed by atoms with Crippen LogP contribution >= 0.6 is 0 Å². The summed E-state index contributed by atoms with van der Waals surface area (Å²) in [5.41, 5.74) is -0.563. The number of nitrogens with zero attached hydrogens (tertiary/aromatic N) is 3. The van der Waals surface area contributed by atoms with Gasteiger partial charge < -0.3 is 14.8 Å². The highest BCUT2D eigenvalue weighted by Crippen LogP contribution is 2.34. The third kappa shape index (κ3) is 3.91. The lowest BCUT2D eigenvalue weighted by molar-refractivity contribution is -0.110. The van der Waals surface area contributed by atoms with Crippen molar-refractivity contribution in [2.24, 2.45) is 5.92 Å². The molecule has 0 spiro atoms. The van der Waals surface area contributed by atoms with Gasteiger partial charge in [0.15, 0.2) is 22.7 Å². The molecule has 0 saturated carbocycles. The number of benzene rings is 1. The fourth-order valence-electron chi connectivity index (χ4n) is 3.19. The van der Waals surface area contributed by atoms with Gasteiger partial charge in [0.05, 0.1) is 12.6 Å². The van der Waals surface area contributed by atoms with Crippen molar-refractivity contribution < 1.29 is 23.1 Å². The van der Waals surface area contributed by atoms with Gasteiger partial charge in [0.2, 0.25) is 0 Å². The monoisotopic (exact) mass is 380 g/mol. The first-order valence-corrected chi connectivity index (χ1v) is 8.77. The number of alkyl carbamates (subject to hydrolysis) is 1. The van der Waals surface area contributed by atoms with Crippen molar-refractivity contribution in [3.05, 3.63) is 22.8 Å². The summed E-state index contributed by atoms with van der Waals surface area (Å²) in [6.45, 7) is 7.07. The Bertz CT molecular complexity index is 855. The molecule has 2 aromatic rings. The number of halogens is 2. The first kappa shape index (κ1) is 19.2. The van der Waals surface area contributed by atoms with Crippen molar-refractivity contribution in [3.8, 4) is 0 Å². The number of aromatic nitrogens is 3. The van der Waals surface area contributed by atoms with E-state index in [-0.39, 0.29) is 41.5 Å². The first-order valence-electron chi connectivity index (χ1n) is 8.77. The zero-order valence-electron chi connectivity index (χ0n) is 15.7. The van der Waals surface area contributed by atoms with Gasteiger partial charge in [-0.05, 0) is 51.7 Å². The molecule has 1 aliphatic carbocycles. The van der Waals surface area contributed by atoms with Crippen molar-refractivity contribution in [1.82, 2.24) is 20.3 Å². The Kier molecular flexibility index (Phi) is 4.88. The first-order chi connectivity index (χ1) is 12.6. The summed E-state index contributed by atoms with van der Waals surface area (Å²) in [5.74, 6) is -1.69. The lowest BCUT2D eigenvalue weighted by Crippen LogP contribution is -2.39. The Hall–Kier alpha value is -2.58. The van der Waals surface area contributed by atoms with E-state index in [0.29, 0.717) is 6.29 Å². The van der Waals surface area contributed by atoms with E-state index in [9.17, 15) is 18.4 Å². The molecule has 1 unspecified atom stereocenters. The molecule has 146 valence electrons. The Morgan fingerprint density at radius 1 is 1.26 bits per heavy atom. The SMILES string of the molecule is CC(Cn1nc2c(F)c3c(c(F)c2n1)CC(C=O)C3)NC(=O)OC(C)(C)C. The quantitative estimate of drug-likeness (QED) is 0.824. The number of carbonyl (C=O) groups excluding carboxylic acids is 2. The number of ether oxygens (including phenoxy) is 1. The van der Waals surface area contributed by atoms with E-state index in [1.54, 1.807) is 27.7 Å². The number of rotatable bonds is 4. The molecule has 0 saturated heterocycles. The average molecular weight is 380 g/mol. The summed E-state index contributed by atoms with van der Waals surface area (Å²) in [4.78, 5) is 23.9. The normalized spacial score (nSPS) is 15.6. The predicted octanol–water partition coefficient (Wildman–Crippen LogP) is 2.54. The summed E-state index contributed by atoms with van der Waals surface area (Å²) in [7, 11) is 0. The maximum absolute atomic E-state index is 14.7. The molecule has 0 bridgehead atoms. The summed E-state index contributed by atoms with van der Waals surface area (Å²) in [6.07, 6.45) is 0.458. The molecule has 0 aliphatic heterocycles. The van der Waals surface area contributed by atoms with Gasteiger partial charge in [-0.2, -0.15) is 15.0 Å². The van der Waals surface area contributed by atoms with E-state index >= 15 is 0 Å². The lowest BCUT2D eigenvalue weighted by Gasteiger charge is -2.21. The highest BCUT2D eigenvalue weighted by atomic mass is 19.1. The Labute approximate surface area is 155 Å². The van der Waals surface area contributed by atoms with Crippen LogP contribution in [0, 0.1) is 17.6 Å². The third-order valence-electron chi connectivity index (χ3n) is 4.29. The maximum Gasteiger partial charge on any atom is 0.407 e. The number of hydrogen-bond acceptors (Lipinski definition) is 5. The zero-order valence-corrected chi connectivity index (χ0v) is 15.7. The molecule has 27 heavy (non-hydrogen) atoms. The van der Waals surface area contributed by atoms with Crippen LogP contribution < -0.4 is 5.32 Å². The minimum Gasteiger partial charge on any atom is -0.444 e. The second-order valence-corrected chi connectivity index (χ2v) is 7.89. The van der Waals surface area contributed by atoms with E-state index in [1.807, 2.05) is 0 Å². The summed E-state index contributed by atoms with van der Waals surface area (Å²) < 4.78 is 34.6. The molecule has 1 heterocycles. The molecule has 1 aromatic heterocycles. The van der Waals surface area contributed by atoms with Gasteiger partial charge in [0.1, 0.15) is 11.9 Å². The number of carbonyl (C=O) groups is 2. The van der Waals surface area contributed by atoms with Gasteiger partial charge in [-0.1, -0.05) is 0 Å². The van der Waals surface area contributed by atoms with Gasteiger partial charge in [0, 0.05) is 5.92 Å². The number of nitrogens with one attached hydrogen (secondary N) is 1. The highest BCUT2D eigenvalue weighted by Gasteiger charge is 2.31. The van der Waals surface area contributed by atoms with E-state index in [4.69, 9.17) is 4.74 Å². The third-order valence-corrected chi connectivity index (χ3v) is 4.29. The molecule has 0 fully saturated rings. The molecular formula is C18H22F2N4O3. The molecule has 1 aliphatic rings. The molecule has 1 N–H and O–H groups in total. The fraction of sp³-hybridized carbons (Fsp3) is 0.556. The number of fused-ring (bicyclic) bond motifs is 2. The highest BCUT2D eigenvalue weighted by molar-refractivity contribution is 5.79. The van der Waals surface area contributed by atoms with Crippen LogP contribution in [0.3, 0.4) is 0 Å². The zero-order chi connectivity index (χ0) is 19.9. The molecule has 1 atom stereocenters. The van der Waals surface area contributed by atoms with E-state index in [2.05, 4.69) is 15.5 Å². The number of aldehydes is 1. The Balaban J connectivity index is 1.80. The standard InChI is InChI=1S/C18H22F2N4O3/c1-9(21-17(26)27-18(2,3)4)7-24-22-15-13(19)11-5-10(8-25)6-12(11)14(20)16(15)23-24/h8-10H,5-7H2,1-4H3,(H,21,26).